The van der Waals surface area contributed by atoms with Crippen LogP contribution in [0.3, 0.4) is 0 Å². The van der Waals surface area contributed by atoms with Crippen molar-refractivity contribution in [2.75, 3.05) is 31.1 Å². The van der Waals surface area contributed by atoms with Crippen molar-refractivity contribution < 1.29 is 9.53 Å². The fourth-order valence-corrected chi connectivity index (χ4v) is 2.86. The van der Waals surface area contributed by atoms with E-state index in [0.717, 1.165) is 30.8 Å². The molecule has 1 saturated heterocycles. The lowest BCUT2D eigenvalue weighted by atomic mass is 10.1. The van der Waals surface area contributed by atoms with Crippen LogP contribution in [0.15, 0.2) is 36.7 Å². The van der Waals surface area contributed by atoms with Crippen molar-refractivity contribution in [2.24, 2.45) is 0 Å². The summed E-state index contributed by atoms with van der Waals surface area (Å²) in [6.07, 6.45) is 6.33. The topological polar surface area (TPSA) is 67.3 Å². The van der Waals surface area contributed by atoms with Gasteiger partial charge in [-0.05, 0) is 43.9 Å². The van der Waals surface area contributed by atoms with Gasteiger partial charge in [0.05, 0.1) is 12.2 Å². The van der Waals surface area contributed by atoms with Crippen molar-refractivity contribution >= 4 is 11.9 Å². The first-order valence-electron chi connectivity index (χ1n) is 8.83. The molecule has 0 bridgehead atoms. The van der Waals surface area contributed by atoms with Gasteiger partial charge in [-0.3, -0.25) is 4.79 Å². The van der Waals surface area contributed by atoms with E-state index < -0.39 is 0 Å². The number of nitrogens with one attached hydrogen (secondary N) is 1. The number of anilines is 1. The van der Waals surface area contributed by atoms with Gasteiger partial charge < -0.3 is 15.0 Å². The zero-order chi connectivity index (χ0) is 17.5. The van der Waals surface area contributed by atoms with Crippen molar-refractivity contribution in [1.82, 2.24) is 15.3 Å². The molecule has 2 heterocycles. The third-order valence-corrected chi connectivity index (χ3v) is 4.22. The summed E-state index contributed by atoms with van der Waals surface area (Å²) in [4.78, 5) is 23.0. The number of nitrogens with zero attached hydrogens (tertiary/aromatic N) is 3. The van der Waals surface area contributed by atoms with E-state index >= 15 is 0 Å². The van der Waals surface area contributed by atoms with Crippen LogP contribution in [-0.4, -0.2) is 42.1 Å². The summed E-state index contributed by atoms with van der Waals surface area (Å²) in [5.74, 6) is 1.44. The Bertz CT molecular complexity index is 680. The predicted molar refractivity (Wildman–Crippen MR) is 97.1 cm³/mol. The highest BCUT2D eigenvalue weighted by atomic mass is 16.5. The van der Waals surface area contributed by atoms with Crippen LogP contribution in [0, 0.1) is 0 Å². The molecule has 6 heteroatoms. The van der Waals surface area contributed by atoms with Crippen molar-refractivity contribution in [3.05, 3.63) is 47.8 Å². The number of ether oxygens (including phenoxy) is 1. The van der Waals surface area contributed by atoms with Crippen molar-refractivity contribution in [3.63, 3.8) is 0 Å². The molecule has 132 valence electrons. The van der Waals surface area contributed by atoms with E-state index in [9.17, 15) is 4.79 Å². The lowest BCUT2D eigenvalue weighted by Crippen LogP contribution is -2.26. The second-order valence-corrected chi connectivity index (χ2v) is 6.05. The summed E-state index contributed by atoms with van der Waals surface area (Å²) >= 11 is 0. The molecule has 1 aliphatic heterocycles. The molecule has 25 heavy (non-hydrogen) atoms. The molecule has 3 rings (SSSR count). The molecular weight excluding hydrogens is 316 g/mol. The predicted octanol–water partition coefficient (Wildman–Crippen LogP) is 2.45. The summed E-state index contributed by atoms with van der Waals surface area (Å²) in [6.45, 7) is 5.18. The maximum Gasteiger partial charge on any atom is 0.254 e. The van der Waals surface area contributed by atoms with Crippen LogP contribution in [0.25, 0.3) is 0 Å². The minimum Gasteiger partial charge on any atom is -0.494 e. The maximum absolute atomic E-state index is 12.2. The van der Waals surface area contributed by atoms with Crippen molar-refractivity contribution in [1.29, 1.82) is 0 Å². The largest absolute Gasteiger partial charge is 0.494 e. The lowest BCUT2D eigenvalue weighted by molar-refractivity contribution is 0.0953. The Morgan fingerprint density at radius 1 is 1.16 bits per heavy atom. The van der Waals surface area contributed by atoms with Crippen LogP contribution in [0.5, 0.6) is 5.75 Å². The molecule has 0 radical (unpaired) electrons. The second kappa shape index (κ2) is 8.46. The van der Waals surface area contributed by atoms with Gasteiger partial charge >= 0.3 is 0 Å². The maximum atomic E-state index is 12.2. The number of hydrogen-bond acceptors (Lipinski definition) is 5. The minimum absolute atomic E-state index is 0.140. The number of benzene rings is 1. The van der Waals surface area contributed by atoms with Crippen molar-refractivity contribution in [2.45, 2.75) is 26.2 Å². The van der Waals surface area contributed by atoms with Gasteiger partial charge in [0.1, 0.15) is 5.75 Å². The van der Waals surface area contributed by atoms with E-state index in [2.05, 4.69) is 20.2 Å². The Balaban J connectivity index is 1.47. The van der Waals surface area contributed by atoms with Crippen LogP contribution in [0.2, 0.25) is 0 Å². The average Bonchev–Trinajstić information content (AvgIpc) is 3.18. The molecule has 2 aromatic rings. The number of rotatable bonds is 7. The Morgan fingerprint density at radius 3 is 2.48 bits per heavy atom. The Kier molecular flexibility index (Phi) is 5.82. The molecule has 1 aromatic carbocycles. The summed E-state index contributed by atoms with van der Waals surface area (Å²) < 4.78 is 5.42. The van der Waals surface area contributed by atoms with Gasteiger partial charge in [-0.2, -0.15) is 0 Å². The van der Waals surface area contributed by atoms with E-state index in [0.29, 0.717) is 24.7 Å². The van der Waals surface area contributed by atoms with Crippen LogP contribution < -0.4 is 15.0 Å². The summed E-state index contributed by atoms with van der Waals surface area (Å²) in [5, 5.41) is 2.91. The lowest BCUT2D eigenvalue weighted by Gasteiger charge is -2.14. The number of amides is 1. The highest BCUT2D eigenvalue weighted by molar-refractivity contribution is 5.93. The third-order valence-electron chi connectivity index (χ3n) is 4.22. The van der Waals surface area contributed by atoms with Gasteiger partial charge in [0.25, 0.3) is 5.91 Å². The molecule has 0 spiro atoms. The molecule has 1 aliphatic rings. The van der Waals surface area contributed by atoms with Gasteiger partial charge in [-0.15, -0.1) is 0 Å². The van der Waals surface area contributed by atoms with Crippen LogP contribution >= 0.6 is 0 Å². The Labute approximate surface area is 148 Å². The van der Waals surface area contributed by atoms with Gasteiger partial charge in [-0.1, -0.05) is 12.1 Å². The molecule has 0 aliphatic carbocycles. The smallest absolute Gasteiger partial charge is 0.254 e. The van der Waals surface area contributed by atoms with Crippen LogP contribution in [-0.2, 0) is 6.42 Å². The van der Waals surface area contributed by atoms with Gasteiger partial charge in [0.2, 0.25) is 5.95 Å². The minimum atomic E-state index is -0.140. The standard InChI is InChI=1S/C19H24N4O2/c1-2-25-17-7-5-15(6-8-17)9-10-20-18(24)16-13-21-19(22-14-16)23-11-3-4-12-23/h5-8,13-14H,2-4,9-12H2,1H3,(H,20,24). The van der Waals surface area contributed by atoms with Crippen molar-refractivity contribution in [3.8, 4) is 5.75 Å². The third kappa shape index (κ3) is 4.68. The first-order chi connectivity index (χ1) is 12.3. The molecule has 1 N–H and O–H groups in total. The van der Waals surface area contributed by atoms with Gasteiger partial charge in [0, 0.05) is 32.0 Å². The highest BCUT2D eigenvalue weighted by Crippen LogP contribution is 2.15. The molecule has 1 aromatic heterocycles. The average molecular weight is 340 g/mol. The molecule has 6 nitrogen and oxygen atoms in total. The second-order valence-electron chi connectivity index (χ2n) is 6.05. The summed E-state index contributed by atoms with van der Waals surface area (Å²) in [5.41, 5.74) is 1.65. The van der Waals surface area contributed by atoms with Crippen LogP contribution in [0.4, 0.5) is 5.95 Å². The monoisotopic (exact) mass is 340 g/mol. The van der Waals surface area contributed by atoms with E-state index in [4.69, 9.17) is 4.74 Å². The Hall–Kier alpha value is -2.63. The van der Waals surface area contributed by atoms with E-state index in [1.54, 1.807) is 12.4 Å². The first kappa shape index (κ1) is 17.2. The number of carbonyl (C=O) groups excluding carboxylic acids is 1. The molecule has 0 atom stereocenters. The zero-order valence-corrected chi connectivity index (χ0v) is 14.6. The Morgan fingerprint density at radius 2 is 1.84 bits per heavy atom. The molecule has 1 fully saturated rings. The molecule has 0 unspecified atom stereocenters. The normalized spacial score (nSPS) is 13.7. The fourth-order valence-electron chi connectivity index (χ4n) is 2.86. The summed E-state index contributed by atoms with van der Waals surface area (Å²) in [6, 6.07) is 7.94. The number of carbonyl (C=O) groups is 1. The number of hydrogen-bond donors (Lipinski definition) is 1. The molecular formula is C19H24N4O2. The molecule has 1 amide bonds. The quantitative estimate of drug-likeness (QED) is 0.838. The van der Waals surface area contributed by atoms with Gasteiger partial charge in [0.15, 0.2) is 0 Å². The highest BCUT2D eigenvalue weighted by Gasteiger charge is 2.15. The number of aromatic nitrogens is 2. The van der Waals surface area contributed by atoms with E-state index in [-0.39, 0.29) is 5.91 Å². The van der Waals surface area contributed by atoms with Gasteiger partial charge in [-0.25, -0.2) is 9.97 Å². The molecule has 0 saturated carbocycles. The SMILES string of the molecule is CCOc1ccc(CCNC(=O)c2cnc(N3CCCC3)nc2)cc1. The van der Waals surface area contributed by atoms with E-state index in [1.807, 2.05) is 31.2 Å². The zero-order valence-electron chi connectivity index (χ0n) is 14.6. The summed E-state index contributed by atoms with van der Waals surface area (Å²) in [7, 11) is 0. The first-order valence-corrected chi connectivity index (χ1v) is 8.83. The van der Waals surface area contributed by atoms with Crippen LogP contribution in [0.1, 0.15) is 35.7 Å². The fraction of sp³-hybridized carbons (Fsp3) is 0.421. The van der Waals surface area contributed by atoms with E-state index in [1.165, 1.54) is 12.8 Å².